The number of carbonyl (C=O) groups excluding carboxylic acids is 3. The Labute approximate surface area is 261 Å². The smallest absolute Gasteiger partial charge is 0.286 e. The molecule has 2 amide bonds. The molecule has 5 rings (SSSR count). The molecular formula is C35H38N4O6. The van der Waals surface area contributed by atoms with E-state index in [-0.39, 0.29) is 42.6 Å². The van der Waals surface area contributed by atoms with Gasteiger partial charge in [0.2, 0.25) is 18.1 Å². The molecule has 0 saturated carbocycles. The van der Waals surface area contributed by atoms with Crippen LogP contribution in [-0.4, -0.2) is 40.2 Å². The number of hydrogen-bond acceptors (Lipinski definition) is 7. The fraction of sp³-hybridized carbons (Fsp3) is 0.286. The average molecular weight is 611 g/mol. The molecule has 0 saturated heterocycles. The number of anilines is 2. The number of nitrogens with two attached hydrogens (primary N) is 1. The Bertz CT molecular complexity index is 1690. The predicted molar refractivity (Wildman–Crippen MR) is 172 cm³/mol. The quantitative estimate of drug-likeness (QED) is 0.127. The summed E-state index contributed by atoms with van der Waals surface area (Å²) in [7, 11) is 0. The summed E-state index contributed by atoms with van der Waals surface area (Å²) in [5.74, 6) is -0.732. The maximum Gasteiger partial charge on any atom is 0.286 e. The number of rotatable bonds is 12. The minimum absolute atomic E-state index is 0.0400. The van der Waals surface area contributed by atoms with Crippen LogP contribution in [-0.2, 0) is 32.3 Å². The lowest BCUT2D eigenvalue weighted by Gasteiger charge is -2.29. The predicted octanol–water partition coefficient (Wildman–Crippen LogP) is 5.23. The van der Waals surface area contributed by atoms with Gasteiger partial charge in [-0.3, -0.25) is 19.0 Å². The zero-order valence-corrected chi connectivity index (χ0v) is 25.2. The number of carbonyl (C=O) groups is 3. The summed E-state index contributed by atoms with van der Waals surface area (Å²) in [5, 5.41) is 16.0. The number of hydrogen-bond donors (Lipinski definition) is 4. The molecule has 2 unspecified atom stereocenters. The van der Waals surface area contributed by atoms with Gasteiger partial charge in [-0.25, -0.2) is 0 Å². The Morgan fingerprint density at radius 1 is 1.00 bits per heavy atom. The van der Waals surface area contributed by atoms with Crippen LogP contribution in [0.1, 0.15) is 60.0 Å². The van der Waals surface area contributed by atoms with Gasteiger partial charge >= 0.3 is 0 Å². The van der Waals surface area contributed by atoms with Gasteiger partial charge in [-0.2, -0.15) is 0 Å². The van der Waals surface area contributed by atoms with Gasteiger partial charge in [-0.1, -0.05) is 54.6 Å². The number of para-hydroxylation sites is 3. The average Bonchev–Trinajstić information content (AvgIpc) is 3.45. The molecule has 0 aliphatic carbocycles. The van der Waals surface area contributed by atoms with Crippen LogP contribution in [0.3, 0.4) is 0 Å². The van der Waals surface area contributed by atoms with Crippen LogP contribution in [0.15, 0.2) is 90.8 Å². The van der Waals surface area contributed by atoms with E-state index in [1.165, 1.54) is 6.92 Å². The zero-order valence-electron chi connectivity index (χ0n) is 25.2. The zero-order chi connectivity index (χ0) is 31.8. The molecule has 10 heteroatoms. The summed E-state index contributed by atoms with van der Waals surface area (Å²) in [4.78, 5) is 38.0. The Kier molecular flexibility index (Phi) is 10.3. The normalized spacial score (nSPS) is 16.1. The van der Waals surface area contributed by atoms with E-state index in [2.05, 4.69) is 10.6 Å². The number of nitrogens with zero attached hydrogens (tertiary/aromatic N) is 1. The second kappa shape index (κ2) is 14.7. The molecule has 2 heterocycles. The molecule has 0 bridgehead atoms. The number of aliphatic hydroxyl groups excluding tert-OH is 1. The monoisotopic (exact) mass is 610 g/mol. The minimum Gasteiger partial charge on any atom is -0.459 e. The van der Waals surface area contributed by atoms with Crippen LogP contribution in [0.4, 0.5) is 11.4 Å². The fourth-order valence-electron chi connectivity index (χ4n) is 5.35. The van der Waals surface area contributed by atoms with Gasteiger partial charge in [0.15, 0.2) is 5.76 Å². The van der Waals surface area contributed by atoms with Crippen LogP contribution < -0.4 is 16.4 Å². The summed E-state index contributed by atoms with van der Waals surface area (Å²) in [5.41, 5.74) is 10.4. The number of amides is 2. The molecule has 234 valence electrons. The Balaban J connectivity index is 1.24. The molecule has 2 atom stereocenters. The molecule has 4 aromatic rings. The third-order valence-corrected chi connectivity index (χ3v) is 7.76. The van der Waals surface area contributed by atoms with Crippen LogP contribution in [0.25, 0.3) is 10.9 Å². The van der Waals surface area contributed by atoms with Crippen molar-refractivity contribution in [3.05, 3.63) is 108 Å². The summed E-state index contributed by atoms with van der Waals surface area (Å²) < 4.78 is 13.8. The molecule has 0 radical (unpaired) electrons. The maximum absolute atomic E-state index is 13.3. The van der Waals surface area contributed by atoms with Crippen molar-refractivity contribution in [3.8, 4) is 0 Å². The Morgan fingerprint density at radius 3 is 2.49 bits per heavy atom. The van der Waals surface area contributed by atoms with Crippen LogP contribution >= 0.6 is 0 Å². The highest BCUT2D eigenvalue weighted by molar-refractivity contribution is 5.95. The number of aliphatic hydroxyl groups is 1. The number of fused-ring (bicyclic) bond motifs is 1. The first-order chi connectivity index (χ1) is 21.8. The van der Waals surface area contributed by atoms with Gasteiger partial charge in [0, 0.05) is 43.8 Å². The van der Waals surface area contributed by atoms with Gasteiger partial charge in [0.1, 0.15) is 0 Å². The van der Waals surface area contributed by atoms with Gasteiger partial charge in [-0.05, 0) is 53.8 Å². The summed E-state index contributed by atoms with van der Waals surface area (Å²) in [6.45, 7) is 2.09. The van der Waals surface area contributed by atoms with Crippen molar-refractivity contribution in [1.29, 1.82) is 0 Å². The number of ether oxygens (including phenoxy) is 2. The number of nitrogen functional groups attached to an aromatic ring is 1. The van der Waals surface area contributed by atoms with Crippen molar-refractivity contribution < 1.29 is 29.0 Å². The van der Waals surface area contributed by atoms with E-state index in [4.69, 9.17) is 15.2 Å². The van der Waals surface area contributed by atoms with E-state index >= 15 is 0 Å². The first-order valence-electron chi connectivity index (χ1n) is 15.0. The summed E-state index contributed by atoms with van der Waals surface area (Å²) in [6, 6.07) is 22.2. The summed E-state index contributed by atoms with van der Waals surface area (Å²) >= 11 is 0. The van der Waals surface area contributed by atoms with Crippen molar-refractivity contribution >= 4 is 40.0 Å². The first kappa shape index (κ1) is 31.5. The molecule has 45 heavy (non-hydrogen) atoms. The number of allylic oxidation sites excluding steroid dienone is 1. The highest BCUT2D eigenvalue weighted by atomic mass is 16.7. The van der Waals surface area contributed by atoms with E-state index in [9.17, 15) is 19.5 Å². The number of benzene rings is 3. The largest absolute Gasteiger partial charge is 0.459 e. The van der Waals surface area contributed by atoms with Gasteiger partial charge in [0.05, 0.1) is 30.1 Å². The molecule has 5 N–H and O–H groups in total. The molecule has 0 spiro atoms. The molecular weight excluding hydrogens is 572 g/mol. The lowest BCUT2D eigenvalue weighted by molar-refractivity contribution is -0.150. The number of aromatic nitrogens is 1. The first-order valence-corrected chi connectivity index (χ1v) is 15.0. The van der Waals surface area contributed by atoms with Crippen molar-refractivity contribution in [2.45, 2.75) is 58.0 Å². The van der Waals surface area contributed by atoms with E-state index < -0.39 is 6.29 Å². The van der Waals surface area contributed by atoms with Gasteiger partial charge in [0.25, 0.3) is 5.91 Å². The minimum atomic E-state index is -0.716. The van der Waals surface area contributed by atoms with Gasteiger partial charge in [-0.15, -0.1) is 0 Å². The topological polar surface area (TPSA) is 145 Å². The highest BCUT2D eigenvalue weighted by Gasteiger charge is 2.31. The van der Waals surface area contributed by atoms with Crippen LogP contribution in [0.2, 0.25) is 0 Å². The van der Waals surface area contributed by atoms with Crippen LogP contribution in [0, 0.1) is 0 Å². The molecule has 10 nitrogen and oxygen atoms in total. The number of nitrogens with one attached hydrogen (secondary N) is 2. The van der Waals surface area contributed by atoms with Gasteiger partial charge < -0.3 is 30.9 Å². The van der Waals surface area contributed by atoms with Crippen molar-refractivity contribution in [3.63, 3.8) is 0 Å². The standard InChI is InChI=1S/C35H38N4O6/c1-23(41)39-20-28(27-8-2-5-11-31(27)39)26-18-32(45-34(19-26)44-22-25-15-13-24(21-40)14-16-25)35(43)37-17-7-6-12-33(42)38-30-10-4-3-9-29(30)36/h2-5,8-11,13-16,18,20,26,34,40H,6-7,12,17,19,21-22,36H2,1H3,(H,37,43)(H,38,42). The Hall–Kier alpha value is -4.93. The lowest BCUT2D eigenvalue weighted by Crippen LogP contribution is -2.33. The van der Waals surface area contributed by atoms with Crippen molar-refractivity contribution in [2.24, 2.45) is 0 Å². The van der Waals surface area contributed by atoms with Crippen LogP contribution in [0.5, 0.6) is 0 Å². The van der Waals surface area contributed by atoms with E-state index in [0.29, 0.717) is 43.6 Å². The Morgan fingerprint density at radius 2 is 1.73 bits per heavy atom. The van der Waals surface area contributed by atoms with E-state index in [0.717, 1.165) is 27.6 Å². The highest BCUT2D eigenvalue weighted by Crippen LogP contribution is 2.36. The second-order valence-electron chi connectivity index (χ2n) is 11.0. The van der Waals surface area contributed by atoms with Crippen molar-refractivity contribution in [1.82, 2.24) is 9.88 Å². The number of unbranched alkanes of at least 4 members (excludes halogenated alkanes) is 1. The van der Waals surface area contributed by atoms with Crippen molar-refractivity contribution in [2.75, 3.05) is 17.6 Å². The SMILES string of the molecule is CC(=O)n1cc(C2C=C(C(=O)NCCCCC(=O)Nc3ccccc3N)OC(OCc3ccc(CO)cc3)C2)c2ccccc21. The molecule has 0 fully saturated rings. The maximum atomic E-state index is 13.3. The second-order valence-corrected chi connectivity index (χ2v) is 11.0. The lowest BCUT2D eigenvalue weighted by atomic mass is 9.92. The third-order valence-electron chi connectivity index (χ3n) is 7.76. The van der Waals surface area contributed by atoms with E-state index in [1.54, 1.807) is 34.9 Å². The molecule has 1 aliphatic heterocycles. The fourth-order valence-corrected chi connectivity index (χ4v) is 5.35. The summed E-state index contributed by atoms with van der Waals surface area (Å²) in [6.07, 6.45) is 4.80. The molecule has 3 aromatic carbocycles. The van der Waals surface area contributed by atoms with E-state index in [1.807, 2.05) is 54.7 Å². The molecule has 1 aliphatic rings. The molecule has 1 aromatic heterocycles. The third kappa shape index (κ3) is 7.97.